The highest BCUT2D eigenvalue weighted by atomic mass is 19.4. The highest BCUT2D eigenvalue weighted by Gasteiger charge is 2.44. The average molecular weight is 704 g/mol. The van der Waals surface area contributed by atoms with E-state index in [1.54, 1.807) is 37.1 Å². The molecule has 18 heteroatoms. The second-order valence-corrected chi connectivity index (χ2v) is 11.9. The fourth-order valence-electron chi connectivity index (χ4n) is 5.03. The van der Waals surface area contributed by atoms with Crippen LogP contribution >= 0.6 is 0 Å². The lowest BCUT2D eigenvalue weighted by Crippen LogP contribution is -2.58. The molecule has 4 amide bonds. The number of aliphatic carboxylic acids is 1. The number of nitrogens with two attached hydrogens (primary N) is 1. The van der Waals surface area contributed by atoms with Crippen molar-refractivity contribution in [2.75, 3.05) is 13.6 Å². The number of pyridine rings is 1. The molecule has 1 aromatic carbocycles. The Morgan fingerprint density at radius 1 is 1.00 bits per heavy atom. The summed E-state index contributed by atoms with van der Waals surface area (Å²) in [6.45, 7) is 5.49. The van der Waals surface area contributed by atoms with E-state index in [2.05, 4.69) is 31.2 Å². The third-order valence-corrected chi connectivity index (χ3v) is 7.92. The van der Waals surface area contributed by atoms with Crippen LogP contribution in [0.4, 0.5) is 13.2 Å². The molecule has 50 heavy (non-hydrogen) atoms. The quantitative estimate of drug-likeness (QED) is 0.181. The van der Waals surface area contributed by atoms with Gasteiger partial charge in [0.15, 0.2) is 0 Å². The lowest BCUT2D eigenvalue weighted by Gasteiger charge is -2.31. The van der Waals surface area contributed by atoms with E-state index >= 15 is 0 Å². The second-order valence-electron chi connectivity index (χ2n) is 11.9. The average Bonchev–Trinajstić information content (AvgIpc) is 3.75. The molecule has 0 spiro atoms. The SMILES string of the molecule is CN[C@@H](C)C(=O)N[C@H](C(=O)N1C[C@H](n2cc(-c3ccccn3)nn2)C[C@H]1C(=O)N[C@@H](Cc1ccccc1)C(N)=O)C(C)C.O=C(O)C(F)(F)F. The number of amides is 4. The number of benzene rings is 1. The summed E-state index contributed by atoms with van der Waals surface area (Å²) in [6, 6.07) is 10.9. The number of nitrogens with one attached hydrogen (secondary N) is 3. The fraction of sp³-hybridized carbons (Fsp3) is 0.438. The maximum atomic E-state index is 14.0. The molecular weight excluding hydrogens is 663 g/mol. The monoisotopic (exact) mass is 703 g/mol. The number of hydrogen-bond donors (Lipinski definition) is 5. The maximum Gasteiger partial charge on any atom is 0.490 e. The van der Waals surface area contributed by atoms with Crippen LogP contribution in [0.25, 0.3) is 11.4 Å². The summed E-state index contributed by atoms with van der Waals surface area (Å²) < 4.78 is 33.4. The Morgan fingerprint density at radius 3 is 2.18 bits per heavy atom. The summed E-state index contributed by atoms with van der Waals surface area (Å²) in [5.74, 6) is -4.96. The van der Waals surface area contributed by atoms with Gasteiger partial charge in [0.05, 0.1) is 24.0 Å². The number of aromatic nitrogens is 4. The third kappa shape index (κ3) is 10.6. The number of carbonyl (C=O) groups is 5. The van der Waals surface area contributed by atoms with Gasteiger partial charge in [-0.05, 0) is 37.6 Å². The van der Waals surface area contributed by atoms with Gasteiger partial charge in [0.25, 0.3) is 0 Å². The number of carboxylic acid groups (broad SMARTS) is 1. The van der Waals surface area contributed by atoms with Gasteiger partial charge in [-0.15, -0.1) is 5.10 Å². The van der Waals surface area contributed by atoms with Crippen molar-refractivity contribution < 1.29 is 42.3 Å². The predicted molar refractivity (Wildman–Crippen MR) is 173 cm³/mol. The zero-order valence-corrected chi connectivity index (χ0v) is 27.8. The van der Waals surface area contributed by atoms with E-state index in [4.69, 9.17) is 15.6 Å². The van der Waals surface area contributed by atoms with Crippen LogP contribution in [-0.4, -0.2) is 104 Å². The number of halogens is 3. The summed E-state index contributed by atoms with van der Waals surface area (Å²) in [6.07, 6.45) is -1.28. The molecule has 0 aliphatic carbocycles. The summed E-state index contributed by atoms with van der Waals surface area (Å²) in [7, 11) is 1.66. The van der Waals surface area contributed by atoms with Gasteiger partial charge >= 0.3 is 12.1 Å². The summed E-state index contributed by atoms with van der Waals surface area (Å²) in [5.41, 5.74) is 7.69. The van der Waals surface area contributed by atoms with Gasteiger partial charge in [0, 0.05) is 25.6 Å². The lowest BCUT2D eigenvalue weighted by atomic mass is 10.0. The van der Waals surface area contributed by atoms with Crippen molar-refractivity contribution in [1.29, 1.82) is 0 Å². The van der Waals surface area contributed by atoms with Crippen LogP contribution in [0.15, 0.2) is 60.9 Å². The van der Waals surface area contributed by atoms with Gasteiger partial charge in [-0.1, -0.05) is 55.5 Å². The van der Waals surface area contributed by atoms with Gasteiger partial charge in [0.2, 0.25) is 23.6 Å². The van der Waals surface area contributed by atoms with Crippen molar-refractivity contribution in [2.24, 2.45) is 11.7 Å². The standard InChI is InChI=1S/C30H39N9O4.C2HF3O2/c1-18(2)26(35-28(41)19(3)32-4)30(43)38-16-21(39-17-24(36-37-39)22-12-8-9-13-33-22)15-25(38)29(42)34-23(27(31)40)14-20-10-6-5-7-11-20;3-2(4,5)1(6)7/h5-13,17-19,21,23,25-26,32H,14-16H2,1-4H3,(H2,31,40)(H,34,42)(H,35,41);(H,6,7)/t19-,21+,23-,25-,26-;/m0./s1. The zero-order chi connectivity index (χ0) is 37.2. The van der Waals surface area contributed by atoms with Gasteiger partial charge in [-0.2, -0.15) is 13.2 Å². The zero-order valence-electron chi connectivity index (χ0n) is 27.8. The lowest BCUT2D eigenvalue weighted by molar-refractivity contribution is -0.192. The molecule has 15 nitrogen and oxygen atoms in total. The number of hydrogen-bond acceptors (Lipinski definition) is 9. The molecule has 0 bridgehead atoms. The molecule has 6 N–H and O–H groups in total. The minimum Gasteiger partial charge on any atom is -0.475 e. The molecule has 1 saturated heterocycles. The van der Waals surface area contributed by atoms with Gasteiger partial charge in [0.1, 0.15) is 23.8 Å². The minimum absolute atomic E-state index is 0.141. The van der Waals surface area contributed by atoms with E-state index in [-0.39, 0.29) is 31.2 Å². The number of carbonyl (C=O) groups excluding carboxylic acids is 4. The first-order chi connectivity index (χ1) is 23.5. The normalized spacial score (nSPS) is 17.6. The van der Waals surface area contributed by atoms with E-state index < -0.39 is 60.1 Å². The van der Waals surface area contributed by atoms with Crippen LogP contribution in [-0.2, 0) is 30.4 Å². The van der Waals surface area contributed by atoms with Crippen molar-refractivity contribution in [1.82, 2.24) is 40.8 Å². The van der Waals surface area contributed by atoms with E-state index in [1.807, 2.05) is 56.3 Å². The van der Waals surface area contributed by atoms with Crippen LogP contribution in [0, 0.1) is 5.92 Å². The van der Waals surface area contributed by atoms with Crippen LogP contribution in [0.1, 0.15) is 38.8 Å². The smallest absolute Gasteiger partial charge is 0.475 e. The molecule has 2 aromatic heterocycles. The van der Waals surface area contributed by atoms with E-state index in [9.17, 15) is 32.3 Å². The number of likely N-dealkylation sites (N-methyl/N-ethyl adjacent to an activating group) is 1. The molecule has 5 atom stereocenters. The number of likely N-dealkylation sites (tertiary alicyclic amines) is 1. The van der Waals surface area contributed by atoms with Crippen molar-refractivity contribution in [3.05, 3.63) is 66.5 Å². The van der Waals surface area contributed by atoms with Crippen LogP contribution in [0.5, 0.6) is 0 Å². The first-order valence-corrected chi connectivity index (χ1v) is 15.6. The summed E-state index contributed by atoms with van der Waals surface area (Å²) in [5, 5.41) is 24.1. The predicted octanol–water partition coefficient (Wildman–Crippen LogP) is 1.08. The first-order valence-electron chi connectivity index (χ1n) is 15.6. The van der Waals surface area contributed by atoms with Crippen molar-refractivity contribution in [3.8, 4) is 11.4 Å². The van der Waals surface area contributed by atoms with E-state index in [0.717, 1.165) is 5.56 Å². The molecule has 1 fully saturated rings. The number of carboxylic acids is 1. The molecular formula is C32H40F3N9O6. The highest BCUT2D eigenvalue weighted by molar-refractivity contribution is 5.95. The van der Waals surface area contributed by atoms with Gasteiger partial charge in [-0.3, -0.25) is 24.2 Å². The third-order valence-electron chi connectivity index (χ3n) is 7.92. The molecule has 0 saturated carbocycles. The Morgan fingerprint density at radius 2 is 1.64 bits per heavy atom. The Bertz CT molecular complexity index is 1620. The molecule has 3 aromatic rings. The first kappa shape index (κ1) is 39.1. The Balaban J connectivity index is 0.000000872. The van der Waals surface area contributed by atoms with E-state index in [0.29, 0.717) is 11.4 Å². The fourth-order valence-corrected chi connectivity index (χ4v) is 5.03. The number of primary amides is 1. The number of rotatable bonds is 12. The van der Waals surface area contributed by atoms with Crippen molar-refractivity contribution >= 4 is 29.6 Å². The maximum absolute atomic E-state index is 14.0. The largest absolute Gasteiger partial charge is 0.490 e. The van der Waals surface area contributed by atoms with Crippen molar-refractivity contribution in [2.45, 2.75) is 70.0 Å². The summed E-state index contributed by atoms with van der Waals surface area (Å²) in [4.78, 5) is 67.6. The molecule has 0 radical (unpaired) electrons. The molecule has 1 aliphatic heterocycles. The Hall–Kier alpha value is -5.39. The van der Waals surface area contributed by atoms with E-state index in [1.165, 1.54) is 4.90 Å². The molecule has 270 valence electrons. The Labute approximate surface area is 285 Å². The molecule has 0 unspecified atom stereocenters. The van der Waals surface area contributed by atoms with Crippen molar-refractivity contribution in [3.63, 3.8) is 0 Å². The minimum atomic E-state index is -5.08. The second kappa shape index (κ2) is 17.3. The van der Waals surface area contributed by atoms with Gasteiger partial charge in [-0.25, -0.2) is 9.48 Å². The molecule has 3 heterocycles. The van der Waals surface area contributed by atoms with Gasteiger partial charge < -0.3 is 31.7 Å². The topological polar surface area (TPSA) is 215 Å². The van der Waals surface area contributed by atoms with Crippen LogP contribution in [0.3, 0.4) is 0 Å². The van der Waals surface area contributed by atoms with Crippen LogP contribution in [0.2, 0.25) is 0 Å². The Kier molecular flexibility index (Phi) is 13.5. The summed E-state index contributed by atoms with van der Waals surface area (Å²) >= 11 is 0. The molecule has 1 aliphatic rings. The number of alkyl halides is 3. The molecule has 4 rings (SSSR count). The highest BCUT2D eigenvalue weighted by Crippen LogP contribution is 2.30. The van der Waals surface area contributed by atoms with Crippen LogP contribution < -0.4 is 21.7 Å². The number of nitrogens with zero attached hydrogens (tertiary/aromatic N) is 5.